The van der Waals surface area contributed by atoms with Crippen molar-refractivity contribution in [1.82, 2.24) is 4.57 Å². The molecule has 16 heavy (non-hydrogen) atoms. The van der Waals surface area contributed by atoms with Gasteiger partial charge < -0.3 is 0 Å². The average Bonchev–Trinajstić information content (AvgIpc) is 2.43. The molecule has 0 saturated carbocycles. The molecule has 0 aliphatic rings. The quantitative estimate of drug-likeness (QED) is 0.680. The van der Waals surface area contributed by atoms with Crippen LogP contribution < -0.4 is 4.57 Å². The molecule has 1 aromatic heterocycles. The molecule has 2 nitrogen and oxygen atoms in total. The van der Waals surface area contributed by atoms with Crippen LogP contribution >= 0.6 is 0 Å². The first-order valence-corrected chi connectivity index (χ1v) is 6.12. The van der Waals surface area contributed by atoms with Crippen molar-refractivity contribution in [2.45, 2.75) is 54.0 Å². The van der Waals surface area contributed by atoms with Gasteiger partial charge in [0.2, 0.25) is 6.33 Å². The smallest absolute Gasteiger partial charge is 0.240 e. The summed E-state index contributed by atoms with van der Waals surface area (Å²) >= 11 is 0. The Hall–Kier alpha value is -0.790. The van der Waals surface area contributed by atoms with Crippen molar-refractivity contribution in [2.75, 3.05) is 0 Å². The average molecular weight is 223 g/mol. The highest BCUT2D eigenvalue weighted by Gasteiger charge is 2.33. The molecule has 1 aromatic rings. The van der Waals surface area contributed by atoms with E-state index in [1.807, 2.05) is 0 Å². The second-order valence-electron chi connectivity index (χ2n) is 7.17. The number of hydrogen-bond donors (Lipinski definition) is 0. The van der Waals surface area contributed by atoms with E-state index in [9.17, 15) is 0 Å². The SMILES string of the molecule is C[n+]1ccn(C(CC(C)(C)C)C(C)(C)C)c1. The van der Waals surface area contributed by atoms with Crippen molar-refractivity contribution in [3.8, 4) is 0 Å². The maximum Gasteiger partial charge on any atom is 0.243 e. The first kappa shape index (κ1) is 13.3. The molecule has 1 atom stereocenters. The predicted molar refractivity (Wildman–Crippen MR) is 68.2 cm³/mol. The zero-order valence-corrected chi connectivity index (χ0v) is 11.9. The standard InChI is InChI=1S/C14H27N2/c1-13(2,3)10-12(14(4,5)6)16-9-8-15(7)11-16/h8-9,11-12H,10H2,1-7H3/q+1. The van der Waals surface area contributed by atoms with Crippen LogP contribution in [0.15, 0.2) is 18.7 Å². The maximum atomic E-state index is 2.35. The first-order valence-electron chi connectivity index (χ1n) is 6.12. The first-order chi connectivity index (χ1) is 7.09. The molecule has 1 rings (SSSR count). The lowest BCUT2D eigenvalue weighted by Gasteiger charge is -2.33. The summed E-state index contributed by atoms with van der Waals surface area (Å²) in [6.07, 6.45) is 7.68. The summed E-state index contributed by atoms with van der Waals surface area (Å²) in [6, 6.07) is 0.550. The van der Waals surface area contributed by atoms with Gasteiger partial charge >= 0.3 is 0 Å². The molecule has 0 fully saturated rings. The highest BCUT2D eigenvalue weighted by molar-refractivity contribution is 4.86. The number of nitrogens with zero attached hydrogens (tertiary/aromatic N) is 2. The Bertz CT molecular complexity index is 336. The topological polar surface area (TPSA) is 8.81 Å². The van der Waals surface area contributed by atoms with Gasteiger partial charge in [-0.15, -0.1) is 0 Å². The summed E-state index contributed by atoms with van der Waals surface area (Å²) in [5, 5.41) is 0. The van der Waals surface area contributed by atoms with E-state index < -0.39 is 0 Å². The van der Waals surface area contributed by atoms with Crippen LogP contribution in [0.25, 0.3) is 0 Å². The monoisotopic (exact) mass is 223 g/mol. The number of aryl methyl sites for hydroxylation is 1. The van der Waals surface area contributed by atoms with Gasteiger partial charge in [0.1, 0.15) is 18.4 Å². The number of hydrogen-bond acceptors (Lipinski definition) is 0. The molecule has 2 heteroatoms. The largest absolute Gasteiger partial charge is 0.243 e. The van der Waals surface area contributed by atoms with Crippen molar-refractivity contribution >= 4 is 0 Å². The molecular weight excluding hydrogens is 196 g/mol. The Balaban J connectivity index is 2.98. The lowest BCUT2D eigenvalue weighted by atomic mass is 9.77. The van der Waals surface area contributed by atoms with Crippen LogP contribution in [0.4, 0.5) is 0 Å². The third-order valence-electron chi connectivity index (χ3n) is 2.95. The Labute approximate surface area is 100 Å². The van der Waals surface area contributed by atoms with Gasteiger partial charge in [-0.05, 0) is 11.8 Å². The molecule has 0 aromatic carbocycles. The third-order valence-corrected chi connectivity index (χ3v) is 2.95. The number of aromatic nitrogens is 2. The molecule has 0 bridgehead atoms. The Morgan fingerprint density at radius 3 is 2.00 bits per heavy atom. The highest BCUT2D eigenvalue weighted by Crippen LogP contribution is 2.39. The lowest BCUT2D eigenvalue weighted by molar-refractivity contribution is -0.671. The zero-order chi connectivity index (χ0) is 12.6. The summed E-state index contributed by atoms with van der Waals surface area (Å²) in [4.78, 5) is 0. The molecule has 0 aliphatic carbocycles. The minimum absolute atomic E-state index is 0.291. The van der Waals surface area contributed by atoms with Crippen LogP contribution in [-0.2, 0) is 7.05 Å². The third kappa shape index (κ3) is 3.66. The van der Waals surface area contributed by atoms with Crippen LogP contribution in [0.3, 0.4) is 0 Å². The number of rotatable bonds is 2. The molecule has 0 N–H and O–H groups in total. The van der Waals surface area contributed by atoms with Gasteiger partial charge in [0, 0.05) is 5.41 Å². The fraction of sp³-hybridized carbons (Fsp3) is 0.786. The van der Waals surface area contributed by atoms with E-state index in [0.29, 0.717) is 16.9 Å². The van der Waals surface area contributed by atoms with E-state index in [0.717, 1.165) is 0 Å². The van der Waals surface area contributed by atoms with E-state index in [-0.39, 0.29) is 0 Å². The molecule has 0 radical (unpaired) electrons. The van der Waals surface area contributed by atoms with E-state index in [4.69, 9.17) is 0 Å². The van der Waals surface area contributed by atoms with E-state index in [1.54, 1.807) is 0 Å². The van der Waals surface area contributed by atoms with Crippen molar-refractivity contribution in [2.24, 2.45) is 17.9 Å². The second kappa shape index (κ2) is 4.23. The summed E-state index contributed by atoms with van der Waals surface area (Å²) < 4.78 is 4.46. The van der Waals surface area contributed by atoms with Crippen LogP contribution in [0.5, 0.6) is 0 Å². The fourth-order valence-electron chi connectivity index (χ4n) is 2.09. The molecule has 92 valence electrons. The molecule has 1 heterocycles. The predicted octanol–water partition coefficient (Wildman–Crippen LogP) is 3.34. The fourth-order valence-corrected chi connectivity index (χ4v) is 2.09. The highest BCUT2D eigenvalue weighted by atomic mass is 15.1. The molecule has 0 spiro atoms. The minimum atomic E-state index is 0.291. The molecular formula is C14H27N2+. The zero-order valence-electron chi connectivity index (χ0n) is 11.9. The lowest BCUT2D eigenvalue weighted by Crippen LogP contribution is -2.30. The normalized spacial score (nSPS) is 15.2. The van der Waals surface area contributed by atoms with Gasteiger partial charge in [0.05, 0.1) is 7.05 Å². The molecule has 0 aliphatic heterocycles. The second-order valence-corrected chi connectivity index (χ2v) is 7.17. The van der Waals surface area contributed by atoms with Crippen LogP contribution in [0.1, 0.15) is 54.0 Å². The van der Waals surface area contributed by atoms with Crippen LogP contribution in [0.2, 0.25) is 0 Å². The van der Waals surface area contributed by atoms with Gasteiger partial charge in [-0.2, -0.15) is 0 Å². The van der Waals surface area contributed by atoms with Crippen LogP contribution in [0, 0.1) is 10.8 Å². The van der Waals surface area contributed by atoms with Crippen molar-refractivity contribution in [3.63, 3.8) is 0 Å². The summed E-state index contributed by atoms with van der Waals surface area (Å²) in [6.45, 7) is 13.9. The van der Waals surface area contributed by atoms with Gasteiger partial charge in [0.15, 0.2) is 0 Å². The maximum absolute atomic E-state index is 2.35. The van der Waals surface area contributed by atoms with E-state index >= 15 is 0 Å². The van der Waals surface area contributed by atoms with Crippen molar-refractivity contribution < 1.29 is 4.57 Å². The van der Waals surface area contributed by atoms with Gasteiger partial charge in [-0.25, -0.2) is 9.13 Å². The Morgan fingerprint density at radius 1 is 1.12 bits per heavy atom. The Morgan fingerprint density at radius 2 is 1.69 bits per heavy atom. The van der Waals surface area contributed by atoms with Gasteiger partial charge in [-0.1, -0.05) is 41.5 Å². The molecule has 0 amide bonds. The van der Waals surface area contributed by atoms with E-state index in [2.05, 4.69) is 76.4 Å². The van der Waals surface area contributed by atoms with Crippen molar-refractivity contribution in [1.29, 1.82) is 0 Å². The van der Waals surface area contributed by atoms with Crippen molar-refractivity contribution in [3.05, 3.63) is 18.7 Å². The number of imidazole rings is 1. The summed E-state index contributed by atoms with van der Waals surface area (Å²) in [7, 11) is 2.08. The Kier molecular flexibility index (Phi) is 3.51. The van der Waals surface area contributed by atoms with Gasteiger partial charge in [0.25, 0.3) is 0 Å². The summed E-state index contributed by atoms with van der Waals surface area (Å²) in [5.41, 5.74) is 0.653. The minimum Gasteiger partial charge on any atom is -0.240 e. The van der Waals surface area contributed by atoms with Gasteiger partial charge in [-0.3, -0.25) is 0 Å². The summed E-state index contributed by atoms with van der Waals surface area (Å²) in [5.74, 6) is 0. The van der Waals surface area contributed by atoms with E-state index in [1.165, 1.54) is 6.42 Å². The van der Waals surface area contributed by atoms with Crippen LogP contribution in [-0.4, -0.2) is 4.57 Å². The molecule has 1 unspecified atom stereocenters. The molecule has 0 saturated heterocycles.